The van der Waals surface area contributed by atoms with Crippen molar-refractivity contribution in [1.29, 1.82) is 0 Å². The van der Waals surface area contributed by atoms with Crippen LogP contribution in [-0.4, -0.2) is 24.3 Å². The molecule has 0 aliphatic carbocycles. The number of hydrogen-bond acceptors (Lipinski definition) is 5. The normalized spacial score (nSPS) is 13.6. The lowest BCUT2D eigenvalue weighted by molar-refractivity contribution is -0.114. The van der Waals surface area contributed by atoms with Crippen molar-refractivity contribution < 1.29 is 18.7 Å². The lowest BCUT2D eigenvalue weighted by Crippen LogP contribution is -2.15. The van der Waals surface area contributed by atoms with Crippen LogP contribution >= 0.6 is 0 Å². The summed E-state index contributed by atoms with van der Waals surface area (Å²) in [4.78, 5) is 17.9. The number of anilines is 2. The second kappa shape index (κ2) is 5.88. The zero-order valence-corrected chi connectivity index (χ0v) is 12.0. The van der Waals surface area contributed by atoms with Crippen molar-refractivity contribution in [2.75, 3.05) is 10.0 Å². The number of benzene rings is 1. The fourth-order valence-electron chi connectivity index (χ4n) is 1.34. The molecule has 2 N–H and O–H groups in total. The topological polar surface area (TPSA) is 101 Å². The molecule has 21 heavy (non-hydrogen) atoms. The number of sulfonamides is 1. The molecule has 0 aliphatic heterocycles. The van der Waals surface area contributed by atoms with Crippen LogP contribution in [0.2, 0.25) is 0 Å². The van der Waals surface area contributed by atoms with Gasteiger partial charge in [-0.15, -0.1) is 0 Å². The first-order valence-electron chi connectivity index (χ1n) is 7.75. The number of nitrogens with one attached hydrogen (secondary N) is 2. The first-order chi connectivity index (χ1) is 11.5. The zero-order chi connectivity index (χ0) is 18.9. The van der Waals surface area contributed by atoms with Crippen LogP contribution in [0.15, 0.2) is 41.3 Å². The van der Waals surface area contributed by atoms with Crippen LogP contribution in [-0.2, 0) is 14.8 Å². The van der Waals surface area contributed by atoms with E-state index in [4.69, 9.17) is 5.48 Å². The number of aryl methyl sites for hydroxylation is 1. The molecule has 7 nitrogen and oxygen atoms in total. The van der Waals surface area contributed by atoms with Crippen molar-refractivity contribution in [3.8, 4) is 0 Å². The van der Waals surface area contributed by atoms with Gasteiger partial charge in [0.2, 0.25) is 11.9 Å². The van der Waals surface area contributed by atoms with Gasteiger partial charge in [0.05, 0.1) is 10.4 Å². The van der Waals surface area contributed by atoms with Crippen LogP contribution in [0.1, 0.15) is 18.1 Å². The predicted molar refractivity (Wildman–Crippen MR) is 78.3 cm³/mol. The third kappa shape index (κ3) is 3.99. The van der Waals surface area contributed by atoms with Crippen molar-refractivity contribution in [3.05, 3.63) is 42.1 Å². The molecule has 1 aromatic heterocycles. The molecule has 2 rings (SSSR count). The molecule has 1 aromatic carbocycles. The smallest absolute Gasteiger partial charge is 0.264 e. The minimum atomic E-state index is -4.48. The summed E-state index contributed by atoms with van der Waals surface area (Å²) in [5.41, 5.74) is 0.0986. The Kier molecular flexibility index (Phi) is 2.88. The summed E-state index contributed by atoms with van der Waals surface area (Å²) in [6.07, 6.45) is 1.33. The van der Waals surface area contributed by atoms with E-state index in [1.54, 1.807) is 13.0 Å². The SMILES string of the molecule is [2H]c1c([2H])c(S(=O)(=O)Nc2nccc(C)n2)c([2H])c([2H])c1NC(C)=O. The molecule has 0 atom stereocenters. The van der Waals surface area contributed by atoms with Gasteiger partial charge >= 0.3 is 0 Å². The van der Waals surface area contributed by atoms with Gasteiger partial charge in [-0.05, 0) is 37.2 Å². The van der Waals surface area contributed by atoms with Crippen LogP contribution < -0.4 is 10.0 Å². The molecule has 1 amide bonds. The van der Waals surface area contributed by atoms with Crippen molar-refractivity contribution in [2.24, 2.45) is 0 Å². The van der Waals surface area contributed by atoms with E-state index in [0.717, 1.165) is 6.92 Å². The van der Waals surface area contributed by atoms with Gasteiger partial charge in [0.25, 0.3) is 10.0 Å². The van der Waals surface area contributed by atoms with E-state index in [9.17, 15) is 13.2 Å². The quantitative estimate of drug-likeness (QED) is 0.892. The second-order valence-electron chi connectivity index (χ2n) is 4.01. The van der Waals surface area contributed by atoms with E-state index in [2.05, 4.69) is 15.3 Å². The predicted octanol–water partition coefficient (Wildman–Crippen LogP) is 1.54. The van der Waals surface area contributed by atoms with Gasteiger partial charge in [-0.2, -0.15) is 0 Å². The Balaban J connectivity index is 2.60. The first-order valence-corrected chi connectivity index (χ1v) is 7.23. The Morgan fingerprint density at radius 3 is 2.52 bits per heavy atom. The summed E-state index contributed by atoms with van der Waals surface area (Å²) in [7, 11) is -4.48. The molecular formula is C13H14N4O3S. The largest absolute Gasteiger partial charge is 0.326 e. The fraction of sp³-hybridized carbons (Fsp3) is 0.154. The molecule has 8 heteroatoms. The number of hydrogen-bond donors (Lipinski definition) is 2. The molecule has 0 radical (unpaired) electrons. The average Bonchev–Trinajstić information content (AvgIpc) is 2.49. The Bertz CT molecular complexity index is 937. The molecule has 0 fully saturated rings. The number of rotatable bonds is 4. The molecule has 0 saturated carbocycles. The number of nitrogens with zero attached hydrogens (tertiary/aromatic N) is 2. The Morgan fingerprint density at radius 2 is 1.95 bits per heavy atom. The summed E-state index contributed by atoms with van der Waals surface area (Å²) in [6.45, 7) is 2.75. The number of carbonyl (C=O) groups excluding carboxylic acids is 1. The molecule has 0 saturated heterocycles. The molecular weight excluding hydrogens is 292 g/mol. The molecule has 0 spiro atoms. The molecule has 110 valence electrons. The molecule has 0 bridgehead atoms. The highest BCUT2D eigenvalue weighted by Crippen LogP contribution is 2.16. The molecule has 2 aromatic rings. The minimum absolute atomic E-state index is 0.261. The maximum atomic E-state index is 12.5. The zero-order valence-electron chi connectivity index (χ0n) is 15.2. The Morgan fingerprint density at radius 1 is 1.29 bits per heavy atom. The van der Waals surface area contributed by atoms with Crippen LogP contribution in [0, 0.1) is 6.92 Å². The maximum Gasteiger partial charge on any atom is 0.264 e. The lowest BCUT2D eigenvalue weighted by Gasteiger charge is -2.08. The van der Waals surface area contributed by atoms with Gasteiger partial charge in [-0.1, -0.05) is 0 Å². The number of carbonyl (C=O) groups is 1. The lowest BCUT2D eigenvalue weighted by atomic mass is 10.3. The van der Waals surface area contributed by atoms with Crippen LogP contribution in [0.25, 0.3) is 0 Å². The van der Waals surface area contributed by atoms with Gasteiger partial charge in [0.1, 0.15) is 0 Å². The second-order valence-corrected chi connectivity index (χ2v) is 5.63. The van der Waals surface area contributed by atoms with Crippen LogP contribution in [0.5, 0.6) is 0 Å². The summed E-state index contributed by atoms with van der Waals surface area (Å²) in [5, 5.41) is 2.16. The van der Waals surface area contributed by atoms with Gasteiger partial charge in [0.15, 0.2) is 0 Å². The van der Waals surface area contributed by atoms with E-state index < -0.39 is 50.7 Å². The fourth-order valence-corrected chi connectivity index (χ4v) is 2.15. The maximum absolute atomic E-state index is 12.5. The monoisotopic (exact) mass is 310 g/mol. The van der Waals surface area contributed by atoms with Crippen molar-refractivity contribution in [2.45, 2.75) is 18.7 Å². The molecule has 1 heterocycles. The summed E-state index contributed by atoms with van der Waals surface area (Å²) < 4.78 is 58.5. The third-order valence-electron chi connectivity index (χ3n) is 2.19. The highest BCUT2D eigenvalue weighted by Gasteiger charge is 2.15. The van der Waals surface area contributed by atoms with Crippen molar-refractivity contribution in [1.82, 2.24) is 9.97 Å². The van der Waals surface area contributed by atoms with Gasteiger partial charge in [0, 0.05) is 24.5 Å². The molecule has 0 unspecified atom stereocenters. The van der Waals surface area contributed by atoms with E-state index in [1.165, 1.54) is 6.20 Å². The number of aromatic nitrogens is 2. The highest BCUT2D eigenvalue weighted by atomic mass is 32.2. The Hall–Kier alpha value is -2.48. The third-order valence-corrected chi connectivity index (χ3v) is 3.39. The number of amides is 1. The minimum Gasteiger partial charge on any atom is -0.326 e. The van der Waals surface area contributed by atoms with E-state index in [0.29, 0.717) is 5.69 Å². The Labute approximate surface area is 128 Å². The van der Waals surface area contributed by atoms with Crippen molar-refractivity contribution in [3.63, 3.8) is 0 Å². The van der Waals surface area contributed by atoms with Gasteiger partial charge in [-0.25, -0.2) is 23.1 Å². The summed E-state index contributed by atoms with van der Waals surface area (Å²) in [6, 6.07) is -1.44. The van der Waals surface area contributed by atoms with Gasteiger partial charge < -0.3 is 5.32 Å². The van der Waals surface area contributed by atoms with Gasteiger partial charge in [-0.3, -0.25) is 4.79 Å². The van der Waals surface area contributed by atoms with Crippen molar-refractivity contribution >= 4 is 27.6 Å². The van der Waals surface area contributed by atoms with Crippen LogP contribution in [0.3, 0.4) is 0 Å². The average molecular weight is 310 g/mol. The van der Waals surface area contributed by atoms with Crippen LogP contribution in [0.4, 0.5) is 11.6 Å². The summed E-state index contributed by atoms with van der Waals surface area (Å²) in [5.74, 6) is -0.870. The standard InChI is InChI=1S/C13H14N4O3S/c1-9-7-8-14-13(15-9)17-21(19,20)12-5-3-11(4-6-12)16-10(2)18/h3-8H,1-2H3,(H,16,18)(H,14,15,17)/i3D,4D,5D,6D. The first kappa shape index (κ1) is 10.3. The van der Waals surface area contributed by atoms with E-state index >= 15 is 0 Å². The summed E-state index contributed by atoms with van der Waals surface area (Å²) >= 11 is 0. The molecule has 0 aliphatic rings. The van der Waals surface area contributed by atoms with E-state index in [1.807, 2.05) is 4.72 Å². The van der Waals surface area contributed by atoms with E-state index in [-0.39, 0.29) is 5.95 Å². The highest BCUT2D eigenvalue weighted by molar-refractivity contribution is 7.92.